The highest BCUT2D eigenvalue weighted by Gasteiger charge is 2.24. The van der Waals surface area contributed by atoms with E-state index in [-0.39, 0.29) is 6.04 Å². The monoisotopic (exact) mass is 359 g/mol. The van der Waals surface area contributed by atoms with Crippen LogP contribution in [0.5, 0.6) is 0 Å². The van der Waals surface area contributed by atoms with Gasteiger partial charge in [-0.25, -0.2) is 0 Å². The predicted molar refractivity (Wildman–Crippen MR) is 94.0 cm³/mol. The van der Waals surface area contributed by atoms with Crippen molar-refractivity contribution in [3.8, 4) is 0 Å². The molecule has 1 fully saturated rings. The molecule has 1 aromatic heterocycles. The summed E-state index contributed by atoms with van der Waals surface area (Å²) < 4.78 is 1.12. The lowest BCUT2D eigenvalue weighted by Crippen LogP contribution is -2.33. The number of pyridine rings is 1. The van der Waals surface area contributed by atoms with Gasteiger partial charge in [-0.15, -0.1) is 0 Å². The molecule has 0 radical (unpaired) electrons. The van der Waals surface area contributed by atoms with Crippen LogP contribution >= 0.6 is 15.9 Å². The van der Waals surface area contributed by atoms with Crippen LogP contribution in [0, 0.1) is 6.92 Å². The van der Waals surface area contributed by atoms with Gasteiger partial charge in [-0.2, -0.15) is 0 Å². The second-order valence-corrected chi connectivity index (χ2v) is 6.77. The Labute approximate surface area is 140 Å². The maximum absolute atomic E-state index is 4.71. The summed E-state index contributed by atoms with van der Waals surface area (Å²) in [6, 6.07) is 13.1. The van der Waals surface area contributed by atoms with E-state index in [9.17, 15) is 0 Å². The molecular weight excluding hydrogens is 338 g/mol. The molecule has 1 aromatic carbocycles. The van der Waals surface area contributed by atoms with Gasteiger partial charge in [0.15, 0.2) is 0 Å². The SMILES string of the molecule is Cc1ccc(C(c2cccc(Br)c2)N2CCCNCC2)nc1. The van der Waals surface area contributed by atoms with Crippen LogP contribution in [0.3, 0.4) is 0 Å². The number of rotatable bonds is 3. The lowest BCUT2D eigenvalue weighted by Gasteiger charge is -2.30. The number of aromatic nitrogens is 1. The van der Waals surface area contributed by atoms with Crippen molar-refractivity contribution in [3.05, 3.63) is 63.9 Å². The molecule has 1 aliphatic heterocycles. The molecule has 3 nitrogen and oxygen atoms in total. The summed E-state index contributed by atoms with van der Waals surface area (Å²) in [7, 11) is 0. The first-order valence-corrected chi connectivity index (χ1v) is 8.66. The molecule has 0 bridgehead atoms. The Morgan fingerprint density at radius 2 is 2.09 bits per heavy atom. The third-order valence-corrected chi connectivity index (χ3v) is 4.61. The van der Waals surface area contributed by atoms with Gasteiger partial charge in [-0.3, -0.25) is 9.88 Å². The molecule has 1 atom stereocenters. The van der Waals surface area contributed by atoms with E-state index in [1.165, 1.54) is 17.5 Å². The highest BCUT2D eigenvalue weighted by molar-refractivity contribution is 9.10. The van der Waals surface area contributed by atoms with E-state index in [4.69, 9.17) is 4.98 Å². The molecule has 2 heterocycles. The van der Waals surface area contributed by atoms with Gasteiger partial charge in [0.1, 0.15) is 0 Å². The molecule has 0 saturated carbocycles. The third-order valence-electron chi connectivity index (χ3n) is 4.12. The summed E-state index contributed by atoms with van der Waals surface area (Å²) in [6.07, 6.45) is 3.15. The second-order valence-electron chi connectivity index (χ2n) is 5.86. The van der Waals surface area contributed by atoms with Gasteiger partial charge < -0.3 is 5.32 Å². The third kappa shape index (κ3) is 3.75. The minimum absolute atomic E-state index is 0.220. The fourth-order valence-electron chi connectivity index (χ4n) is 3.01. The van der Waals surface area contributed by atoms with Crippen molar-refractivity contribution in [3.63, 3.8) is 0 Å². The molecule has 22 heavy (non-hydrogen) atoms. The maximum atomic E-state index is 4.71. The number of hydrogen-bond donors (Lipinski definition) is 1. The Bertz CT molecular complexity index is 604. The Morgan fingerprint density at radius 3 is 2.86 bits per heavy atom. The van der Waals surface area contributed by atoms with Gasteiger partial charge in [-0.05, 0) is 49.2 Å². The summed E-state index contributed by atoms with van der Waals surface area (Å²) in [5.41, 5.74) is 3.63. The smallest absolute Gasteiger partial charge is 0.0777 e. The molecule has 3 rings (SSSR count). The zero-order valence-corrected chi connectivity index (χ0v) is 14.5. The minimum atomic E-state index is 0.220. The van der Waals surface area contributed by atoms with E-state index in [2.05, 4.69) is 69.5 Å². The fraction of sp³-hybridized carbons (Fsp3) is 0.389. The Kier molecular flexibility index (Phi) is 5.24. The zero-order chi connectivity index (χ0) is 15.4. The average Bonchev–Trinajstić information content (AvgIpc) is 2.79. The maximum Gasteiger partial charge on any atom is 0.0777 e. The first-order valence-electron chi connectivity index (χ1n) is 7.87. The van der Waals surface area contributed by atoms with E-state index < -0.39 is 0 Å². The molecular formula is C18H22BrN3. The summed E-state index contributed by atoms with van der Waals surface area (Å²) >= 11 is 3.60. The highest BCUT2D eigenvalue weighted by atomic mass is 79.9. The van der Waals surface area contributed by atoms with Crippen molar-refractivity contribution in [1.29, 1.82) is 0 Å². The largest absolute Gasteiger partial charge is 0.315 e. The van der Waals surface area contributed by atoms with Crippen molar-refractivity contribution in [2.24, 2.45) is 0 Å². The van der Waals surface area contributed by atoms with Crippen LogP contribution in [0.1, 0.15) is 29.3 Å². The van der Waals surface area contributed by atoms with E-state index >= 15 is 0 Å². The number of hydrogen-bond acceptors (Lipinski definition) is 3. The molecule has 0 amide bonds. The Balaban J connectivity index is 1.99. The Morgan fingerprint density at radius 1 is 1.18 bits per heavy atom. The summed E-state index contributed by atoms with van der Waals surface area (Å²) in [5.74, 6) is 0. The Hall–Kier alpha value is -1.23. The fourth-order valence-corrected chi connectivity index (χ4v) is 3.43. The van der Waals surface area contributed by atoms with Crippen LogP contribution in [0.4, 0.5) is 0 Å². The van der Waals surface area contributed by atoms with Gasteiger partial charge in [0, 0.05) is 30.3 Å². The summed E-state index contributed by atoms with van der Waals surface area (Å²) in [4.78, 5) is 7.25. The normalized spacial score (nSPS) is 17.9. The first kappa shape index (κ1) is 15.7. The van der Waals surface area contributed by atoms with Crippen LogP contribution < -0.4 is 5.32 Å². The molecule has 1 aliphatic rings. The second kappa shape index (κ2) is 7.36. The predicted octanol–water partition coefficient (Wildman–Crippen LogP) is 3.54. The molecule has 1 unspecified atom stereocenters. The molecule has 0 aliphatic carbocycles. The topological polar surface area (TPSA) is 28.2 Å². The lowest BCUT2D eigenvalue weighted by atomic mass is 10.0. The van der Waals surface area contributed by atoms with Crippen molar-refractivity contribution >= 4 is 15.9 Å². The number of benzene rings is 1. The minimum Gasteiger partial charge on any atom is -0.315 e. The molecule has 0 spiro atoms. The number of nitrogens with one attached hydrogen (secondary N) is 1. The van der Waals surface area contributed by atoms with E-state index in [1.54, 1.807) is 0 Å². The van der Waals surface area contributed by atoms with Gasteiger partial charge in [0.2, 0.25) is 0 Å². The number of aryl methyl sites for hydroxylation is 1. The van der Waals surface area contributed by atoms with Crippen molar-refractivity contribution in [2.45, 2.75) is 19.4 Å². The van der Waals surface area contributed by atoms with Gasteiger partial charge in [0.05, 0.1) is 11.7 Å². The first-order chi connectivity index (χ1) is 10.7. The molecule has 4 heteroatoms. The molecule has 1 N–H and O–H groups in total. The molecule has 2 aromatic rings. The van der Waals surface area contributed by atoms with Crippen LogP contribution in [0.2, 0.25) is 0 Å². The number of nitrogens with zero attached hydrogens (tertiary/aromatic N) is 2. The van der Waals surface area contributed by atoms with E-state index in [0.717, 1.165) is 36.3 Å². The van der Waals surface area contributed by atoms with Crippen molar-refractivity contribution < 1.29 is 0 Å². The lowest BCUT2D eigenvalue weighted by molar-refractivity contribution is 0.237. The quantitative estimate of drug-likeness (QED) is 0.908. The van der Waals surface area contributed by atoms with Crippen LogP contribution in [-0.4, -0.2) is 36.1 Å². The van der Waals surface area contributed by atoms with Gasteiger partial charge >= 0.3 is 0 Å². The summed E-state index contributed by atoms with van der Waals surface area (Å²) in [5, 5.41) is 3.48. The highest BCUT2D eigenvalue weighted by Crippen LogP contribution is 2.29. The van der Waals surface area contributed by atoms with Gasteiger partial charge in [-0.1, -0.05) is 34.1 Å². The van der Waals surface area contributed by atoms with Crippen LogP contribution in [0.15, 0.2) is 47.1 Å². The number of halogens is 1. The molecule has 116 valence electrons. The van der Waals surface area contributed by atoms with E-state index in [1.807, 2.05) is 6.20 Å². The van der Waals surface area contributed by atoms with Crippen LogP contribution in [0.25, 0.3) is 0 Å². The average molecular weight is 360 g/mol. The summed E-state index contributed by atoms with van der Waals surface area (Å²) in [6.45, 7) is 6.37. The van der Waals surface area contributed by atoms with Crippen molar-refractivity contribution in [2.75, 3.05) is 26.2 Å². The molecule has 1 saturated heterocycles. The van der Waals surface area contributed by atoms with Crippen LogP contribution in [-0.2, 0) is 0 Å². The van der Waals surface area contributed by atoms with Gasteiger partial charge in [0.25, 0.3) is 0 Å². The van der Waals surface area contributed by atoms with E-state index in [0.29, 0.717) is 0 Å². The van der Waals surface area contributed by atoms with Crippen molar-refractivity contribution in [1.82, 2.24) is 15.2 Å². The standard InChI is InChI=1S/C18H22BrN3/c1-14-6-7-17(21-13-14)18(15-4-2-5-16(19)12-15)22-10-3-8-20-9-11-22/h2,4-7,12-13,18,20H,3,8-11H2,1H3. The zero-order valence-electron chi connectivity index (χ0n) is 12.9.